The van der Waals surface area contributed by atoms with Gasteiger partial charge in [0.2, 0.25) is 5.43 Å². The smallest absolute Gasteiger partial charge is 0.395 e. The van der Waals surface area contributed by atoms with Crippen LogP contribution in [0.5, 0.6) is 0 Å². The van der Waals surface area contributed by atoms with Crippen molar-refractivity contribution in [2.75, 3.05) is 31.1 Å². The summed E-state index contributed by atoms with van der Waals surface area (Å²) < 4.78 is 70.0. The summed E-state index contributed by atoms with van der Waals surface area (Å²) in [6.45, 7) is 0.460. The molecule has 2 fully saturated rings. The minimum absolute atomic E-state index is 0.0545. The molecule has 3 aromatic rings. The molecule has 2 aliphatic rings. The Balaban J connectivity index is 1.64. The Labute approximate surface area is 223 Å². The number of carbonyl (C=O) groups is 2. The number of aromatic nitrogens is 3. The molecule has 1 saturated carbocycles. The summed E-state index contributed by atoms with van der Waals surface area (Å²) in [5.41, 5.74) is -1.97. The molecule has 1 saturated heterocycles. The highest BCUT2D eigenvalue weighted by Gasteiger charge is 2.50. The van der Waals surface area contributed by atoms with E-state index in [0.29, 0.717) is 25.2 Å². The number of halogens is 5. The van der Waals surface area contributed by atoms with Crippen LogP contribution < -0.4 is 15.6 Å². The molecule has 40 heavy (non-hydrogen) atoms. The maximum Gasteiger partial charge on any atom is 0.408 e. The molecule has 5 rings (SSSR count). The van der Waals surface area contributed by atoms with E-state index in [9.17, 15) is 41.4 Å². The zero-order valence-electron chi connectivity index (χ0n) is 20.8. The normalized spacial score (nSPS) is 16.9. The van der Waals surface area contributed by atoms with Crippen LogP contribution in [0.3, 0.4) is 0 Å². The first-order valence-corrected chi connectivity index (χ1v) is 12.4. The van der Waals surface area contributed by atoms with E-state index in [1.165, 1.54) is 21.9 Å². The van der Waals surface area contributed by atoms with E-state index < -0.39 is 58.5 Å². The lowest BCUT2D eigenvalue weighted by Gasteiger charge is -2.34. The van der Waals surface area contributed by atoms with Gasteiger partial charge < -0.3 is 15.3 Å². The number of carbonyl (C=O) groups excluding carboxylic acids is 2. The topological polar surface area (TPSA) is 121 Å². The zero-order valence-corrected chi connectivity index (χ0v) is 20.8. The van der Waals surface area contributed by atoms with Gasteiger partial charge in [-0.3, -0.25) is 19.1 Å². The predicted molar refractivity (Wildman–Crippen MR) is 131 cm³/mol. The molecular formula is C25H23F5N6O4. The molecule has 0 bridgehead atoms. The van der Waals surface area contributed by atoms with Crippen LogP contribution in [-0.2, 0) is 0 Å². The molecule has 1 aliphatic heterocycles. The molecule has 10 nitrogen and oxygen atoms in total. The Morgan fingerprint density at radius 3 is 2.58 bits per heavy atom. The van der Waals surface area contributed by atoms with E-state index in [4.69, 9.17) is 0 Å². The summed E-state index contributed by atoms with van der Waals surface area (Å²) in [4.78, 5) is 50.0. The Morgan fingerprint density at radius 2 is 1.93 bits per heavy atom. The number of β-amino-alcohol motifs (C(OH)–C–C–N with tert-alkyl or cyclic N) is 1. The first-order chi connectivity index (χ1) is 19.0. The molecule has 2 N–H and O–H groups in total. The third kappa shape index (κ3) is 5.20. The summed E-state index contributed by atoms with van der Waals surface area (Å²) >= 11 is 0. The van der Waals surface area contributed by atoms with Crippen LogP contribution in [0.1, 0.15) is 29.6 Å². The fourth-order valence-corrected chi connectivity index (χ4v) is 4.69. The van der Waals surface area contributed by atoms with Crippen LogP contribution in [0.15, 0.2) is 35.4 Å². The van der Waals surface area contributed by atoms with Crippen molar-refractivity contribution < 1.29 is 36.6 Å². The minimum Gasteiger partial charge on any atom is -0.395 e. The predicted octanol–water partition coefficient (Wildman–Crippen LogP) is 2.75. The van der Waals surface area contributed by atoms with Gasteiger partial charge >= 0.3 is 12.2 Å². The monoisotopic (exact) mass is 566 g/mol. The van der Waals surface area contributed by atoms with Crippen molar-refractivity contribution in [3.05, 3.63) is 58.0 Å². The van der Waals surface area contributed by atoms with Gasteiger partial charge in [0.05, 0.1) is 18.2 Å². The number of pyridine rings is 3. The van der Waals surface area contributed by atoms with Crippen molar-refractivity contribution in [1.29, 1.82) is 0 Å². The van der Waals surface area contributed by atoms with Gasteiger partial charge in [-0.1, -0.05) is 0 Å². The van der Waals surface area contributed by atoms with Crippen molar-refractivity contribution in [3.8, 4) is 5.82 Å². The molecule has 4 heterocycles. The van der Waals surface area contributed by atoms with E-state index >= 15 is 0 Å². The third-order valence-electron chi connectivity index (χ3n) is 6.79. The molecule has 212 valence electrons. The van der Waals surface area contributed by atoms with Gasteiger partial charge in [-0.05, 0) is 37.3 Å². The summed E-state index contributed by atoms with van der Waals surface area (Å²) in [5, 5.41) is 10.9. The summed E-state index contributed by atoms with van der Waals surface area (Å²) in [6, 6.07) is 0.393. The Hall–Kier alpha value is -4.14. The number of anilines is 1. The number of urea groups is 1. The SMILES string of the molecule is O=C(NC(C1CC1)C(F)(F)F)c1cn(-c2ncc(F)cc2F)c2nc(N3CCCN(CCO)C3=O)ccc2c1=O. The number of alkyl halides is 3. The van der Waals surface area contributed by atoms with Crippen LogP contribution in [0, 0.1) is 17.6 Å². The van der Waals surface area contributed by atoms with Gasteiger partial charge in [-0.15, -0.1) is 0 Å². The van der Waals surface area contributed by atoms with Crippen molar-refractivity contribution in [2.45, 2.75) is 31.5 Å². The van der Waals surface area contributed by atoms with Crippen LogP contribution in [-0.4, -0.2) is 74.9 Å². The maximum absolute atomic E-state index is 14.9. The molecule has 0 spiro atoms. The van der Waals surface area contributed by atoms with Gasteiger partial charge in [-0.25, -0.2) is 23.5 Å². The highest BCUT2D eigenvalue weighted by Crippen LogP contribution is 2.40. The Bertz CT molecular complexity index is 1540. The van der Waals surface area contributed by atoms with Gasteiger partial charge in [-0.2, -0.15) is 13.2 Å². The molecule has 1 unspecified atom stereocenters. The van der Waals surface area contributed by atoms with Crippen molar-refractivity contribution in [3.63, 3.8) is 0 Å². The zero-order chi connectivity index (χ0) is 28.8. The van der Waals surface area contributed by atoms with Crippen LogP contribution >= 0.6 is 0 Å². The molecule has 3 aromatic heterocycles. The number of hydrogen-bond donors (Lipinski definition) is 2. The molecule has 15 heteroatoms. The standard InChI is InChI=1S/C25H23F5N6O4/c26-14-10-17(27)22(31-11-14)36-12-16(23(39)33-20(13-2-3-13)25(28,29)30)19(38)15-4-5-18(32-21(15)36)35-7-1-6-34(8-9-37)24(35)40/h4-5,10-13,20,37H,1-3,6-9H2,(H,33,39). The van der Waals surface area contributed by atoms with Gasteiger partial charge in [0.1, 0.15) is 23.2 Å². The van der Waals surface area contributed by atoms with Gasteiger partial charge in [0, 0.05) is 31.9 Å². The lowest BCUT2D eigenvalue weighted by Crippen LogP contribution is -2.50. The van der Waals surface area contributed by atoms with Gasteiger partial charge in [0.15, 0.2) is 17.3 Å². The van der Waals surface area contributed by atoms with Gasteiger partial charge in [0.25, 0.3) is 5.91 Å². The van der Waals surface area contributed by atoms with E-state index in [-0.39, 0.29) is 49.4 Å². The van der Waals surface area contributed by atoms with Crippen molar-refractivity contribution >= 4 is 28.8 Å². The average Bonchev–Trinajstić information content (AvgIpc) is 3.73. The first kappa shape index (κ1) is 27.4. The van der Waals surface area contributed by atoms with Crippen molar-refractivity contribution in [2.24, 2.45) is 5.92 Å². The number of hydrogen-bond acceptors (Lipinski definition) is 6. The first-order valence-electron chi connectivity index (χ1n) is 12.4. The van der Waals surface area contributed by atoms with E-state index in [2.05, 4.69) is 9.97 Å². The highest BCUT2D eigenvalue weighted by atomic mass is 19.4. The average molecular weight is 566 g/mol. The number of fused-ring (bicyclic) bond motifs is 1. The number of nitrogens with one attached hydrogen (secondary N) is 1. The maximum atomic E-state index is 14.9. The minimum atomic E-state index is -4.75. The quantitative estimate of drug-likeness (QED) is 0.425. The molecule has 1 atom stereocenters. The number of nitrogens with zero attached hydrogens (tertiary/aromatic N) is 5. The van der Waals surface area contributed by atoms with E-state index in [1.807, 2.05) is 5.32 Å². The summed E-state index contributed by atoms with van der Waals surface area (Å²) in [5.74, 6) is -4.88. The third-order valence-corrected chi connectivity index (χ3v) is 6.79. The molecular weight excluding hydrogens is 543 g/mol. The van der Waals surface area contributed by atoms with Crippen LogP contribution in [0.25, 0.3) is 16.9 Å². The molecule has 0 radical (unpaired) electrons. The number of aliphatic hydroxyl groups excluding tert-OH is 1. The lowest BCUT2D eigenvalue weighted by atomic mass is 10.1. The second kappa shape index (κ2) is 10.4. The van der Waals surface area contributed by atoms with E-state index in [0.717, 1.165) is 10.8 Å². The van der Waals surface area contributed by atoms with Crippen molar-refractivity contribution in [1.82, 2.24) is 24.8 Å². The molecule has 1 aliphatic carbocycles. The number of amides is 3. The second-order valence-electron chi connectivity index (χ2n) is 9.57. The Kier molecular flexibility index (Phi) is 7.16. The summed E-state index contributed by atoms with van der Waals surface area (Å²) in [7, 11) is 0. The number of rotatable bonds is 7. The lowest BCUT2D eigenvalue weighted by molar-refractivity contribution is -0.158. The fraction of sp³-hybridized carbons (Fsp3) is 0.400. The van der Waals surface area contributed by atoms with Crippen LogP contribution in [0.2, 0.25) is 0 Å². The molecule has 3 amide bonds. The van der Waals surface area contributed by atoms with E-state index in [1.54, 1.807) is 0 Å². The number of aliphatic hydroxyl groups is 1. The largest absolute Gasteiger partial charge is 0.408 e. The summed E-state index contributed by atoms with van der Waals surface area (Å²) in [6.07, 6.45) is -2.22. The fourth-order valence-electron chi connectivity index (χ4n) is 4.69. The highest BCUT2D eigenvalue weighted by molar-refractivity contribution is 5.98. The second-order valence-corrected chi connectivity index (χ2v) is 9.57. The molecule has 0 aromatic carbocycles. The Morgan fingerprint density at radius 1 is 1.18 bits per heavy atom. The van der Waals surface area contributed by atoms with Crippen LogP contribution in [0.4, 0.5) is 32.6 Å².